The summed E-state index contributed by atoms with van der Waals surface area (Å²) in [6.45, 7) is 8.55. The lowest BCUT2D eigenvalue weighted by molar-refractivity contribution is -0.699. The Morgan fingerprint density at radius 1 is 1.06 bits per heavy atom. The first-order valence-electron chi connectivity index (χ1n) is 13.3. The molecule has 0 fully saturated rings. The molecule has 0 bridgehead atoms. The molecule has 7 nitrogen and oxygen atoms in total. The molecule has 0 spiro atoms. The van der Waals surface area contributed by atoms with Gasteiger partial charge in [0.05, 0.1) is 13.7 Å². The van der Waals surface area contributed by atoms with Crippen LogP contribution in [0.1, 0.15) is 89.5 Å². The minimum atomic E-state index is -0.730. The zero-order valence-electron chi connectivity index (χ0n) is 22.9. The van der Waals surface area contributed by atoms with E-state index in [4.69, 9.17) is 4.74 Å². The summed E-state index contributed by atoms with van der Waals surface area (Å²) in [6, 6.07) is 1.59. The van der Waals surface area contributed by atoms with E-state index < -0.39 is 17.9 Å². The first-order valence-corrected chi connectivity index (χ1v) is 13.3. The number of carbonyl (C=O) groups is 3. The Hall–Kier alpha value is -2.96. The van der Waals surface area contributed by atoms with Gasteiger partial charge in [-0.05, 0) is 44.6 Å². The highest BCUT2D eigenvalue weighted by Gasteiger charge is 2.22. The number of nitrogens with zero attached hydrogens (tertiary/aromatic N) is 1. The monoisotopic (exact) mass is 500 g/mol. The maximum Gasteiger partial charge on any atom is 0.328 e. The van der Waals surface area contributed by atoms with Gasteiger partial charge in [-0.2, -0.15) is 4.57 Å². The lowest BCUT2D eigenvalue weighted by atomic mass is 10.0. The molecule has 1 aromatic heterocycles. The normalized spacial score (nSPS) is 12.1. The summed E-state index contributed by atoms with van der Waals surface area (Å²) in [7, 11) is 1.31. The largest absolute Gasteiger partial charge is 0.467 e. The van der Waals surface area contributed by atoms with Crippen LogP contribution in [0, 0.1) is 0 Å². The van der Waals surface area contributed by atoms with Gasteiger partial charge >= 0.3 is 5.97 Å². The topological polar surface area (TPSA) is 88.4 Å². The zero-order valence-corrected chi connectivity index (χ0v) is 22.9. The van der Waals surface area contributed by atoms with Crippen molar-refractivity contribution in [2.24, 2.45) is 0 Å². The number of aryl methyl sites for hydroxylation is 2. The quantitative estimate of drug-likeness (QED) is 0.145. The Balaban J connectivity index is 2.93. The summed E-state index contributed by atoms with van der Waals surface area (Å²) < 4.78 is 7.20. The Bertz CT molecular complexity index is 893. The average molecular weight is 501 g/mol. The number of unbranched alkanes of at least 4 members (excludes halogenated alkanes) is 3. The highest BCUT2D eigenvalue weighted by Crippen LogP contribution is 2.14. The van der Waals surface area contributed by atoms with Crippen LogP contribution in [0.3, 0.4) is 0 Å². The number of esters is 1. The standard InChI is InChI=1S/C29H45N3O4/c1-6-9-11-13-16-24-20-25(8-3)27(18-12-10-7-2)32(22-24)19-15-14-17-26(29(35)36-5)31-28(34)21-30-23(4)33/h11-13,18,20,22,26H,6-10,14-17,19,21H2,1-5H3,(H-,30,31,33,34)/p+1/b13-11-,18-12+/t26-/m0/s1. The summed E-state index contributed by atoms with van der Waals surface area (Å²) in [5.41, 5.74) is 3.87. The van der Waals surface area contributed by atoms with Crippen molar-refractivity contribution in [1.82, 2.24) is 10.6 Å². The van der Waals surface area contributed by atoms with Crippen LogP contribution in [0.5, 0.6) is 0 Å². The maximum atomic E-state index is 12.2. The van der Waals surface area contributed by atoms with Gasteiger partial charge in [-0.3, -0.25) is 9.59 Å². The molecule has 200 valence electrons. The van der Waals surface area contributed by atoms with Crippen LogP contribution in [0.15, 0.2) is 30.5 Å². The molecule has 0 saturated heterocycles. The van der Waals surface area contributed by atoms with Crippen LogP contribution in [0.4, 0.5) is 0 Å². The Morgan fingerprint density at radius 3 is 2.42 bits per heavy atom. The molecule has 0 saturated carbocycles. The second-order valence-corrected chi connectivity index (χ2v) is 9.01. The minimum Gasteiger partial charge on any atom is -0.467 e. The van der Waals surface area contributed by atoms with Crippen LogP contribution in [-0.2, 0) is 38.5 Å². The van der Waals surface area contributed by atoms with Gasteiger partial charge in [0.15, 0.2) is 6.20 Å². The van der Waals surface area contributed by atoms with Gasteiger partial charge in [-0.15, -0.1) is 0 Å². The fourth-order valence-electron chi connectivity index (χ4n) is 3.91. The molecule has 0 radical (unpaired) electrons. The molecular weight excluding hydrogens is 454 g/mol. The number of rotatable bonds is 17. The van der Waals surface area contributed by atoms with E-state index in [-0.39, 0.29) is 12.5 Å². The molecule has 0 aliphatic rings. The van der Waals surface area contributed by atoms with E-state index in [1.165, 1.54) is 30.9 Å². The van der Waals surface area contributed by atoms with E-state index >= 15 is 0 Å². The molecule has 1 heterocycles. The van der Waals surface area contributed by atoms with Crippen LogP contribution in [0.2, 0.25) is 0 Å². The fraction of sp³-hybridized carbons (Fsp3) is 0.586. The summed E-state index contributed by atoms with van der Waals surface area (Å²) >= 11 is 0. The fourth-order valence-corrected chi connectivity index (χ4v) is 3.91. The minimum absolute atomic E-state index is 0.161. The number of aromatic nitrogens is 1. The highest BCUT2D eigenvalue weighted by atomic mass is 16.5. The first kappa shape index (κ1) is 31.1. The number of amides is 2. The number of methoxy groups -OCH3 is 1. The molecule has 2 amide bonds. The van der Waals surface area contributed by atoms with E-state index in [1.54, 1.807) is 0 Å². The van der Waals surface area contributed by atoms with Gasteiger partial charge in [0.2, 0.25) is 17.5 Å². The van der Waals surface area contributed by atoms with Crippen molar-refractivity contribution >= 4 is 23.9 Å². The molecule has 1 aromatic rings. The predicted octanol–water partition coefficient (Wildman–Crippen LogP) is 4.21. The van der Waals surface area contributed by atoms with Crippen molar-refractivity contribution in [3.8, 4) is 0 Å². The van der Waals surface area contributed by atoms with Crippen molar-refractivity contribution in [3.05, 3.63) is 47.3 Å². The molecule has 2 N–H and O–H groups in total. The molecular formula is C29H46N3O4+. The summed E-state index contributed by atoms with van der Waals surface area (Å²) in [5, 5.41) is 5.12. The molecule has 0 aromatic carbocycles. The maximum absolute atomic E-state index is 12.2. The summed E-state index contributed by atoms with van der Waals surface area (Å²) in [4.78, 5) is 35.3. The molecule has 0 aliphatic heterocycles. The van der Waals surface area contributed by atoms with Crippen molar-refractivity contribution in [1.29, 1.82) is 0 Å². The van der Waals surface area contributed by atoms with Gasteiger partial charge in [-0.1, -0.05) is 51.8 Å². The van der Waals surface area contributed by atoms with E-state index in [9.17, 15) is 14.4 Å². The van der Waals surface area contributed by atoms with Gasteiger partial charge in [0, 0.05) is 30.5 Å². The molecule has 7 heteroatoms. The zero-order chi connectivity index (χ0) is 26.8. The van der Waals surface area contributed by atoms with Crippen molar-refractivity contribution in [3.63, 3.8) is 0 Å². The number of nitrogens with one attached hydrogen (secondary N) is 2. The Morgan fingerprint density at radius 2 is 1.78 bits per heavy atom. The lowest BCUT2D eigenvalue weighted by Gasteiger charge is -2.16. The number of hydrogen-bond donors (Lipinski definition) is 2. The number of hydrogen-bond acceptors (Lipinski definition) is 4. The van der Waals surface area contributed by atoms with Crippen LogP contribution in [-0.4, -0.2) is 37.5 Å². The van der Waals surface area contributed by atoms with Crippen molar-refractivity contribution in [2.45, 2.75) is 98.1 Å². The van der Waals surface area contributed by atoms with Crippen molar-refractivity contribution in [2.75, 3.05) is 13.7 Å². The number of allylic oxidation sites excluding steroid dienone is 3. The van der Waals surface area contributed by atoms with Crippen LogP contribution >= 0.6 is 0 Å². The molecule has 1 rings (SSSR count). The lowest BCUT2D eigenvalue weighted by Crippen LogP contribution is -2.45. The third-order valence-electron chi connectivity index (χ3n) is 5.87. The molecule has 0 unspecified atom stereocenters. The van der Waals surface area contributed by atoms with Crippen LogP contribution < -0.4 is 15.2 Å². The Labute approximate surface area is 217 Å². The van der Waals surface area contributed by atoms with E-state index in [0.717, 1.165) is 57.9 Å². The number of carbonyl (C=O) groups excluding carboxylic acids is 3. The third kappa shape index (κ3) is 12.1. The molecule has 0 aliphatic carbocycles. The summed E-state index contributed by atoms with van der Waals surface area (Å²) in [6.07, 6.45) is 19.6. The SMILES string of the molecule is CCC/C=C\Cc1cc(CC)c(/C=C/CCC)[n+](CCCC[C@H](NC(=O)CNC(C)=O)C(=O)OC)c1. The first-order chi connectivity index (χ1) is 17.4. The van der Waals surface area contributed by atoms with Gasteiger partial charge in [0.25, 0.3) is 0 Å². The van der Waals surface area contributed by atoms with Crippen molar-refractivity contribution < 1.29 is 23.7 Å². The van der Waals surface area contributed by atoms with Gasteiger partial charge in [0.1, 0.15) is 12.6 Å². The van der Waals surface area contributed by atoms with E-state index in [2.05, 4.69) is 72.5 Å². The number of pyridine rings is 1. The predicted molar refractivity (Wildman–Crippen MR) is 144 cm³/mol. The van der Waals surface area contributed by atoms with Gasteiger partial charge in [-0.25, -0.2) is 4.79 Å². The number of ether oxygens (including phenoxy) is 1. The van der Waals surface area contributed by atoms with E-state index in [1.807, 2.05) is 0 Å². The van der Waals surface area contributed by atoms with Gasteiger partial charge < -0.3 is 15.4 Å². The third-order valence-corrected chi connectivity index (χ3v) is 5.87. The highest BCUT2D eigenvalue weighted by molar-refractivity contribution is 5.87. The van der Waals surface area contributed by atoms with E-state index in [0.29, 0.717) is 6.42 Å². The smallest absolute Gasteiger partial charge is 0.328 e. The summed E-state index contributed by atoms with van der Waals surface area (Å²) in [5.74, 6) is -1.18. The Kier molecular flexibility index (Phi) is 15.8. The molecule has 36 heavy (non-hydrogen) atoms. The second kappa shape index (κ2) is 18.3. The second-order valence-electron chi connectivity index (χ2n) is 9.01. The molecule has 1 atom stereocenters. The average Bonchev–Trinajstić information content (AvgIpc) is 2.87. The van der Waals surface area contributed by atoms with Crippen LogP contribution in [0.25, 0.3) is 6.08 Å².